The van der Waals surface area contributed by atoms with Gasteiger partial charge in [0.2, 0.25) is 0 Å². The van der Waals surface area contributed by atoms with Crippen LogP contribution >= 0.6 is 0 Å². The molecule has 2 N–H and O–H groups in total. The van der Waals surface area contributed by atoms with Crippen molar-refractivity contribution in [1.29, 1.82) is 0 Å². The monoisotopic (exact) mass is 237 g/mol. The second-order valence-electron chi connectivity index (χ2n) is 3.91. The van der Waals surface area contributed by atoms with Gasteiger partial charge in [-0.2, -0.15) is 0 Å². The molecule has 1 aromatic rings. The third kappa shape index (κ3) is 4.44. The molecule has 0 saturated heterocycles. The van der Waals surface area contributed by atoms with Crippen molar-refractivity contribution in [3.05, 3.63) is 29.3 Å². The smallest absolute Gasteiger partial charge is 0.257 e. The van der Waals surface area contributed by atoms with Crippen LogP contribution in [0.3, 0.4) is 0 Å². The van der Waals surface area contributed by atoms with E-state index in [0.29, 0.717) is 17.9 Å². The fourth-order valence-electron chi connectivity index (χ4n) is 1.43. The lowest BCUT2D eigenvalue weighted by Gasteiger charge is -2.10. The van der Waals surface area contributed by atoms with Gasteiger partial charge in [-0.25, -0.2) is 0 Å². The number of amides is 1. The first-order valence-electron chi connectivity index (χ1n) is 5.77. The number of nitrogens with one attached hydrogen (secondary N) is 1. The van der Waals surface area contributed by atoms with Crippen LogP contribution in [0.15, 0.2) is 18.2 Å². The molecule has 0 radical (unpaired) electrons. The number of aliphatic hydroxyl groups is 1. The number of carbonyl (C=O) groups is 1. The van der Waals surface area contributed by atoms with Gasteiger partial charge in [-0.15, -0.1) is 0 Å². The maximum absolute atomic E-state index is 11.3. The molecule has 0 aliphatic rings. The van der Waals surface area contributed by atoms with Crippen LogP contribution in [0.2, 0.25) is 0 Å². The minimum atomic E-state index is -0.142. The van der Waals surface area contributed by atoms with Gasteiger partial charge < -0.3 is 15.2 Å². The summed E-state index contributed by atoms with van der Waals surface area (Å²) in [5.74, 6) is 0.418. The third-order valence-corrected chi connectivity index (χ3v) is 2.32. The summed E-state index contributed by atoms with van der Waals surface area (Å²) in [6.07, 6.45) is 0.901. The number of benzene rings is 1. The van der Waals surface area contributed by atoms with Crippen LogP contribution in [0.4, 0.5) is 0 Å². The van der Waals surface area contributed by atoms with Crippen molar-refractivity contribution in [1.82, 2.24) is 5.32 Å². The molecule has 17 heavy (non-hydrogen) atoms. The van der Waals surface area contributed by atoms with Crippen LogP contribution in [0.1, 0.15) is 24.5 Å². The van der Waals surface area contributed by atoms with Crippen LogP contribution < -0.4 is 10.1 Å². The average Bonchev–Trinajstić information content (AvgIpc) is 2.34. The van der Waals surface area contributed by atoms with Gasteiger partial charge in [0, 0.05) is 12.1 Å². The molecule has 0 saturated carbocycles. The third-order valence-electron chi connectivity index (χ3n) is 2.32. The predicted octanol–water partition coefficient (Wildman–Crippen LogP) is 1.39. The van der Waals surface area contributed by atoms with Crippen LogP contribution in [0.25, 0.3) is 0 Å². The predicted molar refractivity (Wildman–Crippen MR) is 65.9 cm³/mol. The Bertz CT molecular complexity index is 377. The lowest BCUT2D eigenvalue weighted by molar-refractivity contribution is -0.123. The van der Waals surface area contributed by atoms with Crippen LogP contribution in [0, 0.1) is 6.92 Å². The van der Waals surface area contributed by atoms with Gasteiger partial charge in [0.1, 0.15) is 5.75 Å². The molecule has 1 amide bonds. The minimum absolute atomic E-state index is 0.0178. The van der Waals surface area contributed by atoms with Crippen molar-refractivity contribution in [2.45, 2.75) is 26.9 Å². The van der Waals surface area contributed by atoms with Gasteiger partial charge in [-0.1, -0.05) is 24.6 Å². The molecular weight excluding hydrogens is 218 g/mol. The Labute approximate surface area is 102 Å². The number of hydrogen-bond acceptors (Lipinski definition) is 3. The number of hydrogen-bond donors (Lipinski definition) is 2. The van der Waals surface area contributed by atoms with Crippen LogP contribution in [0.5, 0.6) is 5.75 Å². The highest BCUT2D eigenvalue weighted by atomic mass is 16.5. The van der Waals surface area contributed by atoms with Crippen molar-refractivity contribution in [3.63, 3.8) is 0 Å². The van der Waals surface area contributed by atoms with E-state index in [2.05, 4.69) is 5.32 Å². The van der Waals surface area contributed by atoms with Crippen LogP contribution in [-0.4, -0.2) is 24.2 Å². The number of aryl methyl sites for hydroxylation is 1. The maximum Gasteiger partial charge on any atom is 0.257 e. The largest absolute Gasteiger partial charge is 0.483 e. The fraction of sp³-hybridized carbons (Fsp3) is 0.462. The van der Waals surface area contributed by atoms with Crippen molar-refractivity contribution in [2.24, 2.45) is 0 Å². The summed E-state index contributed by atoms with van der Waals surface area (Å²) in [6, 6.07) is 5.51. The molecule has 0 bridgehead atoms. The summed E-state index contributed by atoms with van der Waals surface area (Å²) >= 11 is 0. The SMILES string of the molecule is CCCNC(=O)COc1ccc(C)cc1CO. The average molecular weight is 237 g/mol. The Morgan fingerprint density at radius 1 is 1.47 bits per heavy atom. The first kappa shape index (κ1) is 13.5. The van der Waals surface area contributed by atoms with Gasteiger partial charge in [-0.05, 0) is 19.4 Å². The summed E-state index contributed by atoms with van der Waals surface area (Å²) in [7, 11) is 0. The van der Waals surface area contributed by atoms with Gasteiger partial charge in [0.05, 0.1) is 6.61 Å². The fourth-order valence-corrected chi connectivity index (χ4v) is 1.43. The van der Waals surface area contributed by atoms with Crippen molar-refractivity contribution in [2.75, 3.05) is 13.2 Å². The standard InChI is InChI=1S/C13H19NO3/c1-3-6-14-13(16)9-17-12-5-4-10(2)7-11(12)8-15/h4-5,7,15H,3,6,8-9H2,1-2H3,(H,14,16). The summed E-state index contributed by atoms with van der Waals surface area (Å²) in [6.45, 7) is 4.48. The first-order valence-corrected chi connectivity index (χ1v) is 5.77. The molecule has 0 aromatic heterocycles. The summed E-state index contributed by atoms with van der Waals surface area (Å²) in [5.41, 5.74) is 1.75. The molecular formula is C13H19NO3. The minimum Gasteiger partial charge on any atom is -0.483 e. The molecule has 1 aromatic carbocycles. The van der Waals surface area contributed by atoms with E-state index in [4.69, 9.17) is 9.84 Å². The van der Waals surface area contributed by atoms with Crippen LogP contribution in [-0.2, 0) is 11.4 Å². The van der Waals surface area contributed by atoms with Gasteiger partial charge in [-0.3, -0.25) is 4.79 Å². The van der Waals surface area contributed by atoms with E-state index in [9.17, 15) is 4.79 Å². The van der Waals surface area contributed by atoms with Crippen molar-refractivity contribution < 1.29 is 14.6 Å². The zero-order valence-corrected chi connectivity index (χ0v) is 10.3. The molecule has 0 atom stereocenters. The second-order valence-corrected chi connectivity index (χ2v) is 3.91. The molecule has 0 aliphatic carbocycles. The van der Waals surface area contributed by atoms with E-state index in [1.54, 1.807) is 6.07 Å². The maximum atomic E-state index is 11.3. The highest BCUT2D eigenvalue weighted by Gasteiger charge is 2.06. The lowest BCUT2D eigenvalue weighted by atomic mass is 10.1. The highest BCUT2D eigenvalue weighted by molar-refractivity contribution is 5.77. The molecule has 4 nitrogen and oxygen atoms in total. The first-order chi connectivity index (χ1) is 8.17. The summed E-state index contributed by atoms with van der Waals surface area (Å²) in [5, 5.41) is 11.9. The Balaban J connectivity index is 2.54. The van der Waals surface area contributed by atoms with Gasteiger partial charge in [0.15, 0.2) is 6.61 Å². The molecule has 94 valence electrons. The molecule has 0 fully saturated rings. The molecule has 0 heterocycles. The van der Waals surface area contributed by atoms with E-state index in [1.807, 2.05) is 26.0 Å². The van der Waals surface area contributed by atoms with Crippen molar-refractivity contribution >= 4 is 5.91 Å². The number of carbonyl (C=O) groups excluding carboxylic acids is 1. The molecule has 0 aliphatic heterocycles. The van der Waals surface area contributed by atoms with Crippen molar-refractivity contribution in [3.8, 4) is 5.75 Å². The summed E-state index contributed by atoms with van der Waals surface area (Å²) in [4.78, 5) is 11.3. The van der Waals surface area contributed by atoms with Gasteiger partial charge >= 0.3 is 0 Å². The zero-order valence-electron chi connectivity index (χ0n) is 10.3. The number of ether oxygens (including phenoxy) is 1. The Morgan fingerprint density at radius 3 is 2.88 bits per heavy atom. The van der Waals surface area contributed by atoms with E-state index in [0.717, 1.165) is 12.0 Å². The molecule has 4 heteroatoms. The Hall–Kier alpha value is -1.55. The molecule has 0 spiro atoms. The number of rotatable bonds is 6. The normalized spacial score (nSPS) is 10.1. The van der Waals surface area contributed by atoms with Gasteiger partial charge in [0.25, 0.3) is 5.91 Å². The van der Waals surface area contributed by atoms with E-state index in [1.165, 1.54) is 0 Å². The molecule has 0 unspecified atom stereocenters. The lowest BCUT2D eigenvalue weighted by Crippen LogP contribution is -2.29. The van der Waals surface area contributed by atoms with E-state index < -0.39 is 0 Å². The van der Waals surface area contributed by atoms with E-state index >= 15 is 0 Å². The second kappa shape index (κ2) is 6.91. The quantitative estimate of drug-likeness (QED) is 0.786. The Kier molecular flexibility index (Phi) is 5.49. The summed E-state index contributed by atoms with van der Waals surface area (Å²) < 4.78 is 5.37. The Morgan fingerprint density at radius 2 is 2.24 bits per heavy atom. The molecule has 1 rings (SSSR count). The zero-order chi connectivity index (χ0) is 12.7. The van der Waals surface area contributed by atoms with E-state index in [-0.39, 0.29) is 19.1 Å². The topological polar surface area (TPSA) is 58.6 Å². The number of aliphatic hydroxyl groups excluding tert-OH is 1. The highest BCUT2D eigenvalue weighted by Crippen LogP contribution is 2.19.